The molecular formula is C9H12NS+. The van der Waals surface area contributed by atoms with Gasteiger partial charge in [0.1, 0.15) is 10.6 Å². The van der Waals surface area contributed by atoms with Gasteiger partial charge in [0.2, 0.25) is 0 Å². The molecular weight excluding hydrogens is 154 g/mol. The molecule has 0 saturated carbocycles. The first-order chi connectivity index (χ1) is 5.17. The van der Waals surface area contributed by atoms with Crippen molar-refractivity contribution in [2.75, 3.05) is 0 Å². The number of thioether (sulfide) groups is 1. The van der Waals surface area contributed by atoms with Crippen molar-refractivity contribution in [2.45, 2.75) is 23.6 Å². The van der Waals surface area contributed by atoms with E-state index in [1.165, 1.54) is 10.6 Å². The van der Waals surface area contributed by atoms with E-state index < -0.39 is 0 Å². The van der Waals surface area contributed by atoms with Crippen molar-refractivity contribution in [2.24, 2.45) is 0 Å². The molecule has 0 saturated heterocycles. The van der Waals surface area contributed by atoms with Gasteiger partial charge >= 0.3 is 0 Å². The second-order valence-corrected chi connectivity index (χ2v) is 5.08. The zero-order chi connectivity index (χ0) is 7.90. The number of rotatable bonds is 0. The normalized spacial score (nSPS) is 19.8. The van der Waals surface area contributed by atoms with Gasteiger partial charge in [0.25, 0.3) is 0 Å². The van der Waals surface area contributed by atoms with Crippen LogP contribution in [0.5, 0.6) is 0 Å². The van der Waals surface area contributed by atoms with Crippen LogP contribution in [-0.2, 0) is 0 Å². The van der Waals surface area contributed by atoms with Crippen molar-refractivity contribution < 1.29 is 5.32 Å². The molecule has 1 aliphatic heterocycles. The Morgan fingerprint density at radius 2 is 2.00 bits per heavy atom. The summed E-state index contributed by atoms with van der Waals surface area (Å²) in [5, 5.41) is 2.33. The molecule has 0 spiro atoms. The minimum Gasteiger partial charge on any atom is -0.300 e. The van der Waals surface area contributed by atoms with Crippen LogP contribution in [0.4, 0.5) is 5.69 Å². The topological polar surface area (TPSA) is 16.6 Å². The average molecular weight is 166 g/mol. The zero-order valence-electron chi connectivity index (χ0n) is 6.79. The molecule has 1 heterocycles. The van der Waals surface area contributed by atoms with Crippen molar-refractivity contribution in [3.8, 4) is 0 Å². The van der Waals surface area contributed by atoms with Crippen molar-refractivity contribution in [1.82, 2.24) is 0 Å². The molecule has 0 atom stereocenters. The third kappa shape index (κ3) is 1.28. The minimum absolute atomic E-state index is 0.295. The molecule has 58 valence electrons. The number of para-hydroxylation sites is 1. The number of hydrogen-bond donors (Lipinski definition) is 1. The summed E-state index contributed by atoms with van der Waals surface area (Å²) in [6.45, 7) is 4.50. The minimum atomic E-state index is 0.295. The highest BCUT2D eigenvalue weighted by molar-refractivity contribution is 8.00. The van der Waals surface area contributed by atoms with E-state index in [0.29, 0.717) is 4.87 Å². The first kappa shape index (κ1) is 7.19. The molecule has 11 heavy (non-hydrogen) atoms. The molecule has 0 aliphatic carbocycles. The van der Waals surface area contributed by atoms with Gasteiger partial charge < -0.3 is 0 Å². The molecule has 0 fully saturated rings. The number of quaternary nitrogens is 1. The van der Waals surface area contributed by atoms with Crippen LogP contribution in [0.2, 0.25) is 0 Å². The van der Waals surface area contributed by atoms with Crippen LogP contribution in [-0.4, -0.2) is 4.87 Å². The summed E-state index contributed by atoms with van der Waals surface area (Å²) in [6, 6.07) is 8.56. The van der Waals surface area contributed by atoms with Crippen LogP contribution in [0.3, 0.4) is 0 Å². The Balaban J connectivity index is 2.41. The van der Waals surface area contributed by atoms with E-state index in [2.05, 4.69) is 43.4 Å². The highest BCUT2D eigenvalue weighted by atomic mass is 32.2. The Morgan fingerprint density at radius 3 is 2.73 bits per heavy atom. The van der Waals surface area contributed by atoms with E-state index in [1.54, 1.807) is 0 Å². The Kier molecular flexibility index (Phi) is 1.48. The molecule has 0 bridgehead atoms. The predicted octanol–water partition coefficient (Wildman–Crippen LogP) is 1.72. The Labute approximate surface area is 71.2 Å². The third-order valence-corrected chi connectivity index (χ3v) is 3.03. The van der Waals surface area contributed by atoms with E-state index >= 15 is 0 Å². The van der Waals surface area contributed by atoms with Crippen molar-refractivity contribution in [1.29, 1.82) is 0 Å². The summed E-state index contributed by atoms with van der Waals surface area (Å²) >= 11 is 1.94. The molecule has 0 unspecified atom stereocenters. The zero-order valence-corrected chi connectivity index (χ0v) is 7.61. The summed E-state index contributed by atoms with van der Waals surface area (Å²) in [4.78, 5) is 1.71. The lowest BCUT2D eigenvalue weighted by molar-refractivity contribution is -0.615. The lowest BCUT2D eigenvalue weighted by Gasteiger charge is -2.10. The SMILES string of the molecule is CC1(C)[NH2+]c2ccccc2S1. The van der Waals surface area contributed by atoms with Gasteiger partial charge in [0.05, 0.1) is 4.90 Å². The van der Waals surface area contributed by atoms with E-state index in [-0.39, 0.29) is 0 Å². The van der Waals surface area contributed by atoms with Crippen molar-refractivity contribution in [3.05, 3.63) is 24.3 Å². The van der Waals surface area contributed by atoms with E-state index in [0.717, 1.165) is 0 Å². The summed E-state index contributed by atoms with van der Waals surface area (Å²) < 4.78 is 0. The molecule has 0 amide bonds. The smallest absolute Gasteiger partial charge is 0.146 e. The van der Waals surface area contributed by atoms with Crippen LogP contribution in [0.1, 0.15) is 13.8 Å². The van der Waals surface area contributed by atoms with Crippen LogP contribution in [0.25, 0.3) is 0 Å². The molecule has 1 nitrogen and oxygen atoms in total. The summed E-state index contributed by atoms with van der Waals surface area (Å²) in [7, 11) is 0. The first-order valence-electron chi connectivity index (χ1n) is 3.81. The Hall–Kier alpha value is -0.470. The lowest BCUT2D eigenvalue weighted by Crippen LogP contribution is -2.86. The molecule has 1 aromatic rings. The quantitative estimate of drug-likeness (QED) is 0.581. The van der Waals surface area contributed by atoms with Crippen molar-refractivity contribution in [3.63, 3.8) is 0 Å². The molecule has 1 aliphatic rings. The Morgan fingerprint density at radius 1 is 1.27 bits per heavy atom. The van der Waals surface area contributed by atoms with E-state index in [1.807, 2.05) is 11.8 Å². The van der Waals surface area contributed by atoms with Gasteiger partial charge in [-0.1, -0.05) is 23.9 Å². The standard InChI is InChI=1S/C9H11NS/c1-9(2)10-7-5-3-4-6-8(7)11-9/h3-6,10H,1-2H3/p+1. The maximum atomic E-state index is 2.33. The van der Waals surface area contributed by atoms with Gasteiger partial charge in [0.15, 0.2) is 0 Å². The average Bonchev–Trinajstić information content (AvgIpc) is 2.21. The Bertz CT molecular complexity index is 254. The highest BCUT2D eigenvalue weighted by Gasteiger charge is 2.32. The molecule has 0 radical (unpaired) electrons. The fourth-order valence-corrected chi connectivity index (χ4v) is 2.52. The maximum Gasteiger partial charge on any atom is 0.146 e. The molecule has 2 rings (SSSR count). The number of benzene rings is 1. The largest absolute Gasteiger partial charge is 0.300 e. The van der Waals surface area contributed by atoms with Gasteiger partial charge in [-0.05, 0) is 6.07 Å². The van der Waals surface area contributed by atoms with Gasteiger partial charge in [-0.25, -0.2) is 0 Å². The van der Waals surface area contributed by atoms with Crippen molar-refractivity contribution >= 4 is 17.4 Å². The number of fused-ring (bicyclic) bond motifs is 1. The van der Waals surface area contributed by atoms with Gasteiger partial charge in [-0.2, -0.15) is 0 Å². The van der Waals surface area contributed by atoms with Crippen LogP contribution in [0, 0.1) is 0 Å². The first-order valence-corrected chi connectivity index (χ1v) is 4.63. The monoisotopic (exact) mass is 166 g/mol. The maximum absolute atomic E-state index is 2.33. The fraction of sp³-hybridized carbons (Fsp3) is 0.333. The number of hydrogen-bond acceptors (Lipinski definition) is 1. The van der Waals surface area contributed by atoms with Crippen LogP contribution < -0.4 is 5.32 Å². The number of nitrogens with two attached hydrogens (primary N) is 1. The third-order valence-electron chi connectivity index (χ3n) is 1.80. The van der Waals surface area contributed by atoms with Gasteiger partial charge in [-0.3, -0.25) is 5.32 Å². The van der Waals surface area contributed by atoms with E-state index in [4.69, 9.17) is 0 Å². The molecule has 2 heteroatoms. The van der Waals surface area contributed by atoms with Gasteiger partial charge in [-0.15, -0.1) is 0 Å². The summed E-state index contributed by atoms with van der Waals surface area (Å²) in [5.41, 5.74) is 1.39. The van der Waals surface area contributed by atoms with Crippen LogP contribution in [0.15, 0.2) is 29.2 Å². The highest BCUT2D eigenvalue weighted by Crippen LogP contribution is 2.36. The summed E-state index contributed by atoms with van der Waals surface area (Å²) in [6.07, 6.45) is 0. The second kappa shape index (κ2) is 2.26. The second-order valence-electron chi connectivity index (χ2n) is 3.39. The molecule has 0 aromatic heterocycles. The van der Waals surface area contributed by atoms with Gasteiger partial charge in [0, 0.05) is 19.9 Å². The summed E-state index contributed by atoms with van der Waals surface area (Å²) in [5.74, 6) is 0. The molecule has 2 N–H and O–H groups in total. The fourth-order valence-electron chi connectivity index (χ4n) is 1.38. The van der Waals surface area contributed by atoms with Crippen LogP contribution >= 0.6 is 11.8 Å². The lowest BCUT2D eigenvalue weighted by atomic mass is 10.3. The van der Waals surface area contributed by atoms with E-state index in [9.17, 15) is 0 Å². The molecule has 1 aromatic carbocycles. The predicted molar refractivity (Wildman–Crippen MR) is 48.0 cm³/mol.